The molecule has 0 bridgehead atoms. The van der Waals surface area contributed by atoms with Gasteiger partial charge in [0, 0.05) is 16.0 Å². The minimum absolute atomic E-state index is 0.448. The van der Waals surface area contributed by atoms with E-state index in [9.17, 15) is 4.79 Å². The van der Waals surface area contributed by atoms with E-state index in [4.69, 9.17) is 14.7 Å². The predicted octanol–water partition coefficient (Wildman–Crippen LogP) is 3.38. The highest BCUT2D eigenvalue weighted by Crippen LogP contribution is 2.42. The highest BCUT2D eigenvalue weighted by atomic mass is 32.1. The molecule has 0 saturated heterocycles. The number of fused-ring (bicyclic) bond motifs is 3. The first-order valence-electron chi connectivity index (χ1n) is 6.14. The number of hydrogen-bond donors (Lipinski definition) is 0. The van der Waals surface area contributed by atoms with Gasteiger partial charge in [-0.05, 0) is 25.1 Å². The van der Waals surface area contributed by atoms with Crippen molar-refractivity contribution in [3.05, 3.63) is 40.8 Å². The molecule has 1 aromatic heterocycles. The molecule has 3 rings (SSSR count). The lowest BCUT2D eigenvalue weighted by Crippen LogP contribution is -2.11. The van der Waals surface area contributed by atoms with Gasteiger partial charge in [0.15, 0.2) is 6.10 Å². The molecule has 0 fully saturated rings. The lowest BCUT2D eigenvalue weighted by atomic mass is 10.1. The Kier molecular flexibility index (Phi) is 3.17. The van der Waals surface area contributed by atoms with E-state index in [-0.39, 0.29) is 0 Å². The van der Waals surface area contributed by atoms with Gasteiger partial charge in [-0.3, -0.25) is 0 Å². The molecule has 4 nitrogen and oxygen atoms in total. The first-order valence-corrected chi connectivity index (χ1v) is 6.96. The lowest BCUT2D eigenvalue weighted by molar-refractivity contribution is 0.0441. The first-order chi connectivity index (χ1) is 9.69. The number of rotatable bonds is 2. The summed E-state index contributed by atoms with van der Waals surface area (Å²) in [5.41, 5.74) is 1.97. The van der Waals surface area contributed by atoms with Crippen LogP contribution < -0.4 is 4.74 Å². The van der Waals surface area contributed by atoms with Gasteiger partial charge in [0.05, 0.1) is 0 Å². The Labute approximate surface area is 120 Å². The van der Waals surface area contributed by atoms with Gasteiger partial charge in [-0.15, -0.1) is 11.3 Å². The SMILES string of the molecule is C[C@@H](C#N)OC(=O)c1cc2c(s1)-c1ccccc1OC2. The smallest absolute Gasteiger partial charge is 0.349 e. The lowest BCUT2D eigenvalue weighted by Gasteiger charge is -2.16. The predicted molar refractivity (Wildman–Crippen MR) is 74.6 cm³/mol. The molecule has 100 valence electrons. The maximum atomic E-state index is 11.9. The second kappa shape index (κ2) is 4.99. The molecule has 0 unspecified atom stereocenters. The van der Waals surface area contributed by atoms with Crippen molar-refractivity contribution in [2.75, 3.05) is 0 Å². The highest BCUT2D eigenvalue weighted by molar-refractivity contribution is 7.17. The van der Waals surface area contributed by atoms with Crippen molar-refractivity contribution < 1.29 is 14.3 Å². The molecule has 0 amide bonds. The average molecular weight is 285 g/mol. The van der Waals surface area contributed by atoms with E-state index >= 15 is 0 Å². The van der Waals surface area contributed by atoms with E-state index in [1.807, 2.05) is 30.3 Å². The summed E-state index contributed by atoms with van der Waals surface area (Å²) in [6.07, 6.45) is -0.745. The Morgan fingerprint density at radius 3 is 3.10 bits per heavy atom. The highest BCUT2D eigenvalue weighted by Gasteiger charge is 2.23. The fraction of sp³-hybridized carbons (Fsp3) is 0.200. The van der Waals surface area contributed by atoms with Crippen LogP contribution in [0.1, 0.15) is 22.2 Å². The standard InChI is InChI=1S/C15H11NO3S/c1-9(7-16)19-15(17)13-6-10-8-18-12-5-3-2-4-11(12)14(10)20-13/h2-6,9H,8H2,1H3/t9-/m0/s1. The first kappa shape index (κ1) is 12.7. The Hall–Kier alpha value is -2.32. The Bertz CT molecular complexity index is 714. The largest absolute Gasteiger partial charge is 0.488 e. The molecule has 20 heavy (non-hydrogen) atoms. The number of esters is 1. The minimum atomic E-state index is -0.745. The number of ether oxygens (including phenoxy) is 2. The number of nitriles is 1. The van der Waals surface area contributed by atoms with Gasteiger partial charge in [0.1, 0.15) is 23.3 Å². The monoisotopic (exact) mass is 285 g/mol. The van der Waals surface area contributed by atoms with Gasteiger partial charge < -0.3 is 9.47 Å². The summed E-state index contributed by atoms with van der Waals surface area (Å²) in [5.74, 6) is 0.364. The molecular weight excluding hydrogens is 274 g/mol. The zero-order valence-corrected chi connectivity index (χ0v) is 11.6. The Morgan fingerprint density at radius 1 is 1.50 bits per heavy atom. The third kappa shape index (κ3) is 2.15. The van der Waals surface area contributed by atoms with Gasteiger partial charge in [-0.1, -0.05) is 12.1 Å². The Balaban J connectivity index is 1.95. The average Bonchev–Trinajstić information content (AvgIpc) is 2.91. The molecular formula is C15H11NO3S. The van der Waals surface area contributed by atoms with Crippen molar-refractivity contribution in [1.82, 2.24) is 0 Å². The topological polar surface area (TPSA) is 59.3 Å². The van der Waals surface area contributed by atoms with Crippen molar-refractivity contribution in [1.29, 1.82) is 5.26 Å². The molecule has 2 heterocycles. The summed E-state index contributed by atoms with van der Waals surface area (Å²) >= 11 is 1.37. The molecule has 1 aromatic carbocycles. The van der Waals surface area contributed by atoms with Crippen LogP contribution in [0.15, 0.2) is 30.3 Å². The van der Waals surface area contributed by atoms with Crippen molar-refractivity contribution in [2.24, 2.45) is 0 Å². The number of para-hydroxylation sites is 1. The molecule has 1 aliphatic rings. The van der Waals surface area contributed by atoms with Crippen molar-refractivity contribution in [2.45, 2.75) is 19.6 Å². The summed E-state index contributed by atoms with van der Waals surface area (Å²) in [6.45, 7) is 1.99. The number of thiophene rings is 1. The van der Waals surface area contributed by atoms with Crippen LogP contribution in [0.5, 0.6) is 5.75 Å². The number of benzene rings is 1. The van der Waals surface area contributed by atoms with E-state index in [0.29, 0.717) is 11.5 Å². The fourth-order valence-corrected chi connectivity index (χ4v) is 3.13. The third-order valence-corrected chi connectivity index (χ3v) is 4.18. The van der Waals surface area contributed by atoms with Crippen LogP contribution in [0.4, 0.5) is 0 Å². The van der Waals surface area contributed by atoms with Crippen LogP contribution in [-0.2, 0) is 11.3 Å². The van der Waals surface area contributed by atoms with Gasteiger partial charge in [-0.2, -0.15) is 5.26 Å². The fourth-order valence-electron chi connectivity index (χ4n) is 2.05. The summed E-state index contributed by atoms with van der Waals surface area (Å²) in [4.78, 5) is 13.5. The molecule has 1 atom stereocenters. The number of hydrogen-bond acceptors (Lipinski definition) is 5. The summed E-state index contributed by atoms with van der Waals surface area (Å²) in [5, 5.41) is 8.68. The molecule has 1 aliphatic heterocycles. The van der Waals surface area contributed by atoms with Crippen LogP contribution in [0.3, 0.4) is 0 Å². The zero-order valence-electron chi connectivity index (χ0n) is 10.8. The summed E-state index contributed by atoms with van der Waals surface area (Å²) in [7, 11) is 0. The zero-order chi connectivity index (χ0) is 14.1. The number of carbonyl (C=O) groups is 1. The third-order valence-electron chi connectivity index (χ3n) is 2.99. The number of nitrogens with zero attached hydrogens (tertiary/aromatic N) is 1. The van der Waals surface area contributed by atoms with Crippen molar-refractivity contribution >= 4 is 17.3 Å². The van der Waals surface area contributed by atoms with Gasteiger partial charge in [-0.25, -0.2) is 4.79 Å². The number of carbonyl (C=O) groups excluding carboxylic acids is 1. The molecule has 2 aromatic rings. The molecule has 0 aliphatic carbocycles. The maximum Gasteiger partial charge on any atom is 0.349 e. The second-order valence-corrected chi connectivity index (χ2v) is 5.48. The van der Waals surface area contributed by atoms with Crippen LogP contribution in [-0.4, -0.2) is 12.1 Å². The second-order valence-electron chi connectivity index (χ2n) is 4.43. The van der Waals surface area contributed by atoms with Gasteiger partial charge >= 0.3 is 5.97 Å². The molecule has 0 spiro atoms. The summed E-state index contributed by atoms with van der Waals surface area (Å²) < 4.78 is 10.7. The molecule has 0 N–H and O–H groups in total. The van der Waals surface area contributed by atoms with Crippen molar-refractivity contribution in [3.63, 3.8) is 0 Å². The minimum Gasteiger partial charge on any atom is -0.488 e. The normalized spacial score (nSPS) is 13.4. The van der Waals surface area contributed by atoms with Crippen LogP contribution in [0, 0.1) is 11.3 Å². The quantitative estimate of drug-likeness (QED) is 0.794. The van der Waals surface area contributed by atoms with E-state index in [1.54, 1.807) is 13.0 Å². The van der Waals surface area contributed by atoms with E-state index in [0.717, 1.165) is 21.8 Å². The van der Waals surface area contributed by atoms with E-state index in [2.05, 4.69) is 0 Å². The maximum absolute atomic E-state index is 11.9. The van der Waals surface area contributed by atoms with E-state index in [1.165, 1.54) is 11.3 Å². The molecule has 0 radical (unpaired) electrons. The van der Waals surface area contributed by atoms with Gasteiger partial charge in [0.25, 0.3) is 0 Å². The molecule has 5 heteroatoms. The molecule has 0 saturated carbocycles. The van der Waals surface area contributed by atoms with Gasteiger partial charge in [0.2, 0.25) is 0 Å². The van der Waals surface area contributed by atoms with Crippen LogP contribution >= 0.6 is 11.3 Å². The van der Waals surface area contributed by atoms with Crippen LogP contribution in [0.2, 0.25) is 0 Å². The van der Waals surface area contributed by atoms with E-state index < -0.39 is 12.1 Å². The van der Waals surface area contributed by atoms with Crippen molar-refractivity contribution in [3.8, 4) is 22.3 Å². The van der Waals surface area contributed by atoms with Crippen LogP contribution in [0.25, 0.3) is 10.4 Å². The summed E-state index contributed by atoms with van der Waals surface area (Å²) in [6, 6.07) is 11.4. The Morgan fingerprint density at radius 2 is 2.30 bits per heavy atom.